The van der Waals surface area contributed by atoms with E-state index in [4.69, 9.17) is 4.74 Å². The number of hydrogen-bond donors (Lipinski definition) is 3. The molecule has 0 radical (unpaired) electrons. The molecule has 1 aliphatic heterocycles. The molecule has 8 nitrogen and oxygen atoms in total. The number of methoxy groups -OCH3 is 1. The zero-order valence-corrected chi connectivity index (χ0v) is 17.5. The van der Waals surface area contributed by atoms with Crippen LogP contribution in [0.15, 0.2) is 18.2 Å². The molecule has 1 saturated heterocycles. The third kappa shape index (κ3) is 5.61. The van der Waals surface area contributed by atoms with Crippen LogP contribution in [0.2, 0.25) is 0 Å². The van der Waals surface area contributed by atoms with Gasteiger partial charge in [0, 0.05) is 18.5 Å². The van der Waals surface area contributed by atoms with Gasteiger partial charge in [-0.15, -0.1) is 0 Å². The number of esters is 1. The topological polar surface area (TPSA) is 122 Å². The summed E-state index contributed by atoms with van der Waals surface area (Å²) in [6, 6.07) is 4.93. The molecule has 9 heteroatoms. The van der Waals surface area contributed by atoms with Gasteiger partial charge in [0.25, 0.3) is 5.69 Å². The number of thioether (sulfide) groups is 1. The molecule has 0 spiro atoms. The van der Waals surface area contributed by atoms with Crippen LogP contribution in [0.5, 0.6) is 0 Å². The molecule has 1 saturated carbocycles. The summed E-state index contributed by atoms with van der Waals surface area (Å²) in [5, 5.41) is 32.9. The van der Waals surface area contributed by atoms with E-state index in [1.165, 1.54) is 7.11 Å². The smallest absolute Gasteiger partial charge is 0.306 e. The molecule has 1 aromatic carbocycles. The molecular formula is C20H28N2O6S. The Morgan fingerprint density at radius 3 is 2.69 bits per heavy atom. The van der Waals surface area contributed by atoms with Crippen molar-refractivity contribution in [3.8, 4) is 0 Å². The highest BCUT2D eigenvalue weighted by molar-refractivity contribution is 8.00. The largest absolute Gasteiger partial charge is 0.469 e. The Balaban J connectivity index is 1.79. The molecule has 3 atom stereocenters. The van der Waals surface area contributed by atoms with Gasteiger partial charge in [0.15, 0.2) is 0 Å². The van der Waals surface area contributed by atoms with Crippen LogP contribution >= 0.6 is 11.8 Å². The van der Waals surface area contributed by atoms with E-state index in [2.05, 4.69) is 5.32 Å². The zero-order valence-electron chi connectivity index (χ0n) is 16.7. The molecule has 2 fully saturated rings. The molecular weight excluding hydrogens is 396 g/mol. The van der Waals surface area contributed by atoms with E-state index in [1.54, 1.807) is 12.1 Å². The number of benzene rings is 1. The van der Waals surface area contributed by atoms with Crippen LogP contribution in [-0.2, 0) is 9.53 Å². The molecule has 1 heterocycles. The summed E-state index contributed by atoms with van der Waals surface area (Å²) in [7, 11) is 1.35. The highest BCUT2D eigenvalue weighted by atomic mass is 32.2. The first-order valence-corrected chi connectivity index (χ1v) is 10.9. The number of ether oxygens (including phenoxy) is 1. The Morgan fingerprint density at radius 2 is 2.10 bits per heavy atom. The van der Waals surface area contributed by atoms with E-state index in [1.807, 2.05) is 13.0 Å². The molecule has 3 unspecified atom stereocenters. The van der Waals surface area contributed by atoms with Crippen LogP contribution in [-0.4, -0.2) is 45.1 Å². The van der Waals surface area contributed by atoms with Crippen molar-refractivity contribution in [2.24, 2.45) is 11.8 Å². The Kier molecular flexibility index (Phi) is 6.70. The van der Waals surface area contributed by atoms with Gasteiger partial charge in [-0.3, -0.25) is 14.9 Å². The van der Waals surface area contributed by atoms with Gasteiger partial charge in [-0.1, -0.05) is 17.8 Å². The summed E-state index contributed by atoms with van der Waals surface area (Å²) in [5.41, 5.74) is 1.15. The number of nitrogens with one attached hydrogen (secondary N) is 1. The molecule has 0 bridgehead atoms. The first-order chi connectivity index (χ1) is 13.7. The maximum Gasteiger partial charge on any atom is 0.306 e. The van der Waals surface area contributed by atoms with Gasteiger partial charge < -0.3 is 20.3 Å². The summed E-state index contributed by atoms with van der Waals surface area (Å²) in [4.78, 5) is 23.1. The van der Waals surface area contributed by atoms with E-state index in [0.717, 1.165) is 36.6 Å². The van der Waals surface area contributed by atoms with Gasteiger partial charge in [0.1, 0.15) is 5.69 Å². The fourth-order valence-corrected chi connectivity index (χ4v) is 5.12. The minimum Gasteiger partial charge on any atom is -0.469 e. The molecule has 3 N–H and O–H groups in total. The van der Waals surface area contributed by atoms with Crippen molar-refractivity contribution in [3.63, 3.8) is 0 Å². The maximum absolute atomic E-state index is 11.8. The normalized spacial score (nSPS) is 23.1. The fraction of sp³-hybridized carbons (Fsp3) is 0.650. The number of carbonyl (C=O) groups is 1. The van der Waals surface area contributed by atoms with Gasteiger partial charge in [-0.25, -0.2) is 0 Å². The van der Waals surface area contributed by atoms with E-state index in [9.17, 15) is 25.1 Å². The van der Waals surface area contributed by atoms with Crippen molar-refractivity contribution in [3.05, 3.63) is 33.9 Å². The SMILES string of the molecule is COC(=O)CC(c1ccc(NC(C)C2CCSC(O)(O)C2)c([N+](=O)[O-])c1)C1CC1. The summed E-state index contributed by atoms with van der Waals surface area (Å²) in [6.07, 6.45) is 3.25. The number of anilines is 1. The summed E-state index contributed by atoms with van der Waals surface area (Å²) >= 11 is 1.11. The van der Waals surface area contributed by atoms with Crippen LogP contribution in [0.25, 0.3) is 0 Å². The Bertz CT molecular complexity index is 767. The number of carbonyl (C=O) groups excluding carboxylic acids is 1. The number of hydrogen-bond acceptors (Lipinski definition) is 8. The molecule has 1 aliphatic carbocycles. The molecule has 3 rings (SSSR count). The van der Waals surface area contributed by atoms with Gasteiger partial charge >= 0.3 is 5.97 Å². The average Bonchev–Trinajstić information content (AvgIpc) is 3.50. The third-order valence-electron chi connectivity index (χ3n) is 5.89. The first kappa shape index (κ1) is 21.9. The number of nitro benzene ring substituents is 1. The Labute approximate surface area is 174 Å². The van der Waals surface area contributed by atoms with E-state index in [-0.39, 0.29) is 42.4 Å². The van der Waals surface area contributed by atoms with Crippen LogP contribution in [0.3, 0.4) is 0 Å². The highest BCUT2D eigenvalue weighted by Crippen LogP contribution is 2.46. The molecule has 0 aromatic heterocycles. The van der Waals surface area contributed by atoms with E-state index < -0.39 is 10.0 Å². The van der Waals surface area contributed by atoms with Gasteiger partial charge in [-0.2, -0.15) is 0 Å². The fourth-order valence-electron chi connectivity index (χ4n) is 4.04. The number of rotatable bonds is 8. The number of nitrogens with zero attached hydrogens (tertiary/aromatic N) is 1. The Morgan fingerprint density at radius 1 is 1.38 bits per heavy atom. The van der Waals surface area contributed by atoms with Crippen LogP contribution in [0.4, 0.5) is 11.4 Å². The lowest BCUT2D eigenvalue weighted by Crippen LogP contribution is -2.38. The van der Waals surface area contributed by atoms with Gasteiger partial charge in [0.2, 0.25) is 5.12 Å². The standard InChI is InChI=1S/C20H28N2O6S/c1-12(15-7-8-29-20(24,25)11-15)21-17-6-5-14(9-18(17)22(26)27)16(13-3-4-13)10-19(23)28-2/h5-6,9,12-13,15-16,21,24-25H,3-4,7-8,10-11H2,1-2H3. The quantitative estimate of drug-likeness (QED) is 0.252. The van der Waals surface area contributed by atoms with Gasteiger partial charge in [0.05, 0.1) is 18.5 Å². The summed E-state index contributed by atoms with van der Waals surface area (Å²) in [6.45, 7) is 1.90. The molecule has 29 heavy (non-hydrogen) atoms. The second-order valence-electron chi connectivity index (χ2n) is 8.04. The highest BCUT2D eigenvalue weighted by Gasteiger charge is 2.37. The lowest BCUT2D eigenvalue weighted by Gasteiger charge is -2.35. The van der Waals surface area contributed by atoms with Crippen molar-refractivity contribution in [2.45, 2.75) is 56.1 Å². The van der Waals surface area contributed by atoms with Crippen molar-refractivity contribution in [2.75, 3.05) is 18.2 Å². The molecule has 1 aromatic rings. The summed E-state index contributed by atoms with van der Waals surface area (Å²) < 4.78 is 4.79. The minimum atomic E-state index is -1.75. The van der Waals surface area contributed by atoms with Crippen molar-refractivity contribution in [1.29, 1.82) is 0 Å². The van der Waals surface area contributed by atoms with E-state index >= 15 is 0 Å². The minimum absolute atomic E-state index is 0.0101. The second-order valence-corrected chi connectivity index (χ2v) is 9.39. The number of aliphatic hydroxyl groups is 2. The third-order valence-corrected chi connectivity index (χ3v) is 6.96. The van der Waals surface area contributed by atoms with Gasteiger partial charge in [-0.05, 0) is 61.3 Å². The van der Waals surface area contributed by atoms with Crippen molar-refractivity contribution in [1.82, 2.24) is 0 Å². The predicted octanol–water partition coefficient (Wildman–Crippen LogP) is 3.23. The van der Waals surface area contributed by atoms with Crippen LogP contribution < -0.4 is 5.32 Å². The second kappa shape index (κ2) is 8.89. The molecule has 160 valence electrons. The Hall–Kier alpha value is -1.84. The summed E-state index contributed by atoms with van der Waals surface area (Å²) in [5.74, 6) is 0.582. The zero-order chi connectivity index (χ0) is 21.2. The van der Waals surface area contributed by atoms with Crippen molar-refractivity contribution < 1.29 is 24.7 Å². The predicted molar refractivity (Wildman–Crippen MR) is 111 cm³/mol. The maximum atomic E-state index is 11.8. The molecule has 0 amide bonds. The monoisotopic (exact) mass is 424 g/mol. The van der Waals surface area contributed by atoms with Crippen LogP contribution in [0.1, 0.15) is 50.5 Å². The lowest BCUT2D eigenvalue weighted by molar-refractivity contribution is -0.384. The average molecular weight is 425 g/mol. The van der Waals surface area contributed by atoms with Crippen molar-refractivity contribution >= 4 is 29.1 Å². The lowest BCUT2D eigenvalue weighted by atomic mass is 9.90. The van der Waals surface area contributed by atoms with E-state index in [0.29, 0.717) is 17.4 Å². The van der Waals surface area contributed by atoms with Crippen LogP contribution in [0, 0.1) is 22.0 Å². The first-order valence-electron chi connectivity index (χ1n) is 9.90. The number of nitro groups is 1. The molecule has 2 aliphatic rings.